The minimum absolute atomic E-state index is 0.00370. The lowest BCUT2D eigenvalue weighted by Gasteiger charge is -2.37. The first-order chi connectivity index (χ1) is 11.5. The molecule has 3 heterocycles. The van der Waals surface area contributed by atoms with E-state index in [1.165, 1.54) is 10.4 Å². The topological polar surface area (TPSA) is 67.2 Å². The average Bonchev–Trinajstić information content (AvgIpc) is 3.16. The molecule has 3 rings (SSSR count). The number of nitrogens with one attached hydrogen (secondary N) is 1. The van der Waals surface area contributed by atoms with Crippen LogP contribution in [0.2, 0.25) is 0 Å². The summed E-state index contributed by atoms with van der Waals surface area (Å²) < 4.78 is 1.70. The lowest BCUT2D eigenvalue weighted by molar-refractivity contribution is -0.141. The third-order valence-corrected chi connectivity index (χ3v) is 5.68. The summed E-state index contributed by atoms with van der Waals surface area (Å²) in [5, 5.41) is 9.27. The summed E-state index contributed by atoms with van der Waals surface area (Å²) in [5.41, 5.74) is 2.10. The molecule has 7 heteroatoms. The molecule has 1 saturated heterocycles. The van der Waals surface area contributed by atoms with Gasteiger partial charge < -0.3 is 10.2 Å². The van der Waals surface area contributed by atoms with Crippen molar-refractivity contribution in [3.05, 3.63) is 39.8 Å². The van der Waals surface area contributed by atoms with Crippen LogP contribution in [0.25, 0.3) is 0 Å². The molecule has 2 aromatic heterocycles. The van der Waals surface area contributed by atoms with E-state index in [1.807, 2.05) is 25.5 Å². The highest BCUT2D eigenvalue weighted by atomic mass is 32.1. The van der Waals surface area contributed by atoms with E-state index >= 15 is 0 Å². The van der Waals surface area contributed by atoms with Gasteiger partial charge in [-0.25, -0.2) is 0 Å². The number of nitrogens with zero attached hydrogens (tertiary/aromatic N) is 3. The molecule has 1 N–H and O–H groups in total. The molecule has 0 saturated carbocycles. The van der Waals surface area contributed by atoms with Crippen molar-refractivity contribution >= 4 is 23.2 Å². The van der Waals surface area contributed by atoms with Crippen molar-refractivity contribution < 1.29 is 9.59 Å². The highest BCUT2D eigenvalue weighted by molar-refractivity contribution is 7.10. The SMILES string of the molecule is Cc1ccsc1CNC(=O)[C@H]1CCC(=O)N(C)[C@H]1c1cnn(C)c1. The molecule has 24 heavy (non-hydrogen) atoms. The number of rotatable bonds is 4. The van der Waals surface area contributed by atoms with E-state index < -0.39 is 0 Å². The van der Waals surface area contributed by atoms with Crippen molar-refractivity contribution in [1.29, 1.82) is 0 Å². The van der Waals surface area contributed by atoms with Gasteiger partial charge in [-0.2, -0.15) is 5.10 Å². The third kappa shape index (κ3) is 3.21. The largest absolute Gasteiger partial charge is 0.351 e. The van der Waals surface area contributed by atoms with Crippen molar-refractivity contribution in [3.63, 3.8) is 0 Å². The summed E-state index contributed by atoms with van der Waals surface area (Å²) >= 11 is 1.65. The van der Waals surface area contributed by atoms with Crippen LogP contribution in [0.4, 0.5) is 0 Å². The molecule has 0 unspecified atom stereocenters. The molecule has 1 fully saturated rings. The van der Waals surface area contributed by atoms with Crippen LogP contribution in [0.1, 0.15) is 34.9 Å². The van der Waals surface area contributed by atoms with Gasteiger partial charge in [0.2, 0.25) is 11.8 Å². The minimum Gasteiger partial charge on any atom is -0.351 e. The predicted octanol–water partition coefficient (Wildman–Crippen LogP) is 2.02. The van der Waals surface area contributed by atoms with Gasteiger partial charge in [-0.15, -0.1) is 11.3 Å². The van der Waals surface area contributed by atoms with Crippen LogP contribution in [0.5, 0.6) is 0 Å². The molecule has 0 aromatic carbocycles. The summed E-state index contributed by atoms with van der Waals surface area (Å²) in [7, 11) is 3.60. The van der Waals surface area contributed by atoms with Crippen LogP contribution in [-0.2, 0) is 23.2 Å². The lowest BCUT2D eigenvalue weighted by Crippen LogP contribution is -2.46. The fourth-order valence-electron chi connectivity index (χ4n) is 3.25. The van der Waals surface area contributed by atoms with Gasteiger partial charge in [0.05, 0.1) is 24.7 Å². The Morgan fingerprint density at radius 3 is 2.88 bits per heavy atom. The Morgan fingerprint density at radius 2 is 2.25 bits per heavy atom. The van der Waals surface area contributed by atoms with Gasteiger partial charge in [-0.3, -0.25) is 14.3 Å². The molecule has 0 bridgehead atoms. The van der Waals surface area contributed by atoms with E-state index in [1.54, 1.807) is 34.2 Å². The zero-order chi connectivity index (χ0) is 17.3. The Hall–Kier alpha value is -2.15. The number of aryl methyl sites for hydroxylation is 2. The smallest absolute Gasteiger partial charge is 0.225 e. The van der Waals surface area contributed by atoms with E-state index in [9.17, 15) is 9.59 Å². The Morgan fingerprint density at radius 1 is 1.46 bits per heavy atom. The molecule has 128 valence electrons. The Labute approximate surface area is 145 Å². The number of carbonyl (C=O) groups is 2. The van der Waals surface area contributed by atoms with E-state index in [2.05, 4.69) is 16.5 Å². The summed E-state index contributed by atoms with van der Waals surface area (Å²) in [6.07, 6.45) is 4.59. The number of aromatic nitrogens is 2. The van der Waals surface area contributed by atoms with Gasteiger partial charge in [0.15, 0.2) is 0 Å². The predicted molar refractivity (Wildman–Crippen MR) is 92.3 cm³/mol. The quantitative estimate of drug-likeness (QED) is 0.921. The van der Waals surface area contributed by atoms with Gasteiger partial charge in [0, 0.05) is 37.2 Å². The fourth-order valence-corrected chi connectivity index (χ4v) is 4.09. The van der Waals surface area contributed by atoms with Crippen LogP contribution in [0.15, 0.2) is 23.8 Å². The molecule has 2 amide bonds. The molecule has 2 aromatic rings. The highest BCUT2D eigenvalue weighted by Crippen LogP contribution is 2.35. The van der Waals surface area contributed by atoms with Crippen LogP contribution < -0.4 is 5.32 Å². The Balaban J connectivity index is 1.77. The fraction of sp³-hybridized carbons (Fsp3) is 0.471. The van der Waals surface area contributed by atoms with Crippen molar-refractivity contribution in [2.75, 3.05) is 7.05 Å². The van der Waals surface area contributed by atoms with Gasteiger partial charge in [0.25, 0.3) is 0 Å². The van der Waals surface area contributed by atoms with E-state index in [-0.39, 0.29) is 23.8 Å². The van der Waals surface area contributed by atoms with Crippen LogP contribution in [0, 0.1) is 12.8 Å². The molecule has 1 aliphatic heterocycles. The van der Waals surface area contributed by atoms with Gasteiger partial charge in [-0.05, 0) is 30.4 Å². The molecule has 0 spiro atoms. The number of hydrogen-bond acceptors (Lipinski definition) is 4. The maximum absolute atomic E-state index is 12.8. The van der Waals surface area contributed by atoms with Crippen molar-refractivity contribution in [2.45, 2.75) is 32.4 Å². The van der Waals surface area contributed by atoms with Gasteiger partial charge >= 0.3 is 0 Å². The molecule has 2 atom stereocenters. The van der Waals surface area contributed by atoms with Crippen LogP contribution in [0.3, 0.4) is 0 Å². The number of carbonyl (C=O) groups excluding carboxylic acids is 2. The summed E-state index contributed by atoms with van der Waals surface area (Å²) in [6, 6.07) is 1.79. The third-order valence-electron chi connectivity index (χ3n) is 4.66. The minimum atomic E-state index is -0.260. The first kappa shape index (κ1) is 16.7. The molecule has 0 aliphatic carbocycles. The first-order valence-corrected chi connectivity index (χ1v) is 8.90. The maximum Gasteiger partial charge on any atom is 0.225 e. The second-order valence-electron chi connectivity index (χ2n) is 6.29. The molecule has 1 aliphatic rings. The summed E-state index contributed by atoms with van der Waals surface area (Å²) in [4.78, 5) is 27.7. The standard InChI is InChI=1S/C17H22N4O2S/c1-11-6-7-24-14(11)9-18-17(23)13-4-5-15(22)21(3)16(13)12-8-19-20(2)10-12/h6-8,10,13,16H,4-5,9H2,1-3H3,(H,18,23)/t13-,16-/m0/s1. The van der Waals surface area contributed by atoms with E-state index in [4.69, 9.17) is 0 Å². The molecule has 6 nitrogen and oxygen atoms in total. The highest BCUT2D eigenvalue weighted by Gasteiger charge is 2.39. The monoisotopic (exact) mass is 346 g/mol. The number of hydrogen-bond donors (Lipinski definition) is 1. The molecular weight excluding hydrogens is 324 g/mol. The first-order valence-electron chi connectivity index (χ1n) is 8.02. The zero-order valence-electron chi connectivity index (χ0n) is 14.2. The summed E-state index contributed by atoms with van der Waals surface area (Å²) in [6.45, 7) is 2.58. The summed E-state index contributed by atoms with van der Waals surface area (Å²) in [5.74, 6) is -0.185. The Kier molecular flexibility index (Phi) is 4.71. The second kappa shape index (κ2) is 6.76. The normalized spacial score (nSPS) is 21.1. The molecular formula is C17H22N4O2S. The van der Waals surface area contributed by atoms with Crippen LogP contribution >= 0.6 is 11.3 Å². The van der Waals surface area contributed by atoms with Crippen molar-refractivity contribution in [1.82, 2.24) is 20.0 Å². The molecule has 0 radical (unpaired) electrons. The van der Waals surface area contributed by atoms with E-state index in [0.29, 0.717) is 19.4 Å². The van der Waals surface area contributed by atoms with Gasteiger partial charge in [-0.1, -0.05) is 0 Å². The average molecular weight is 346 g/mol. The van der Waals surface area contributed by atoms with E-state index in [0.717, 1.165) is 5.56 Å². The Bertz CT molecular complexity index is 751. The van der Waals surface area contributed by atoms with Crippen LogP contribution in [-0.4, -0.2) is 33.5 Å². The van der Waals surface area contributed by atoms with Gasteiger partial charge in [0.1, 0.15) is 0 Å². The number of amides is 2. The maximum atomic E-state index is 12.8. The number of likely N-dealkylation sites (tertiary alicyclic amines) is 1. The number of thiophene rings is 1. The van der Waals surface area contributed by atoms with Crippen molar-refractivity contribution in [2.24, 2.45) is 13.0 Å². The second-order valence-corrected chi connectivity index (χ2v) is 7.29. The lowest BCUT2D eigenvalue weighted by atomic mass is 9.85. The van der Waals surface area contributed by atoms with Crippen molar-refractivity contribution in [3.8, 4) is 0 Å². The number of piperidine rings is 1. The zero-order valence-corrected chi connectivity index (χ0v) is 15.0.